The zero-order valence-electron chi connectivity index (χ0n) is 9.06. The molecule has 16 heavy (non-hydrogen) atoms. The van der Waals surface area contributed by atoms with Gasteiger partial charge in [-0.1, -0.05) is 46.3 Å². The van der Waals surface area contributed by atoms with E-state index in [4.69, 9.17) is 4.74 Å². The number of benzene rings is 1. The lowest BCUT2D eigenvalue weighted by Crippen LogP contribution is -2.36. The van der Waals surface area contributed by atoms with Gasteiger partial charge < -0.3 is 4.74 Å². The Kier molecular flexibility index (Phi) is 4.13. The van der Waals surface area contributed by atoms with Crippen molar-refractivity contribution in [3.63, 3.8) is 0 Å². The summed E-state index contributed by atoms with van der Waals surface area (Å²) in [4.78, 5) is 11.3. The van der Waals surface area contributed by atoms with Crippen LogP contribution in [0.3, 0.4) is 0 Å². The zero-order chi connectivity index (χ0) is 11.4. The van der Waals surface area contributed by atoms with Gasteiger partial charge in [-0.05, 0) is 18.4 Å². The van der Waals surface area contributed by atoms with Crippen molar-refractivity contribution in [3.8, 4) is 0 Å². The molecular formula is C13H15BrO2. The molecule has 1 aromatic carbocycles. The molecule has 3 heteroatoms. The first-order valence-electron chi connectivity index (χ1n) is 5.54. The number of carbonyl (C=O) groups excluding carboxylic acids is 1. The molecule has 1 aliphatic rings. The summed E-state index contributed by atoms with van der Waals surface area (Å²) >= 11 is 3.20. The fourth-order valence-corrected chi connectivity index (χ4v) is 2.32. The SMILES string of the molecule is O=C(CBr)C1CC(OCc2ccccc2)C1. The first kappa shape index (κ1) is 11.8. The van der Waals surface area contributed by atoms with Crippen molar-refractivity contribution in [2.75, 3.05) is 5.33 Å². The van der Waals surface area contributed by atoms with Crippen LogP contribution < -0.4 is 0 Å². The number of carbonyl (C=O) groups is 1. The Morgan fingerprint density at radius 1 is 1.31 bits per heavy atom. The van der Waals surface area contributed by atoms with Gasteiger partial charge in [-0.3, -0.25) is 4.79 Å². The topological polar surface area (TPSA) is 26.3 Å². The largest absolute Gasteiger partial charge is 0.373 e. The highest BCUT2D eigenvalue weighted by Gasteiger charge is 2.34. The second-order valence-corrected chi connectivity index (χ2v) is 4.75. The number of hydrogen-bond acceptors (Lipinski definition) is 2. The number of rotatable bonds is 5. The highest BCUT2D eigenvalue weighted by Crippen LogP contribution is 2.31. The highest BCUT2D eigenvalue weighted by molar-refractivity contribution is 9.09. The highest BCUT2D eigenvalue weighted by atomic mass is 79.9. The number of hydrogen-bond donors (Lipinski definition) is 0. The lowest BCUT2D eigenvalue weighted by Gasteiger charge is -2.33. The van der Waals surface area contributed by atoms with Gasteiger partial charge in [-0.15, -0.1) is 0 Å². The lowest BCUT2D eigenvalue weighted by molar-refractivity contribution is -0.129. The second kappa shape index (κ2) is 5.60. The predicted octanol–water partition coefficient (Wildman–Crippen LogP) is 2.95. The van der Waals surface area contributed by atoms with Crippen molar-refractivity contribution in [1.29, 1.82) is 0 Å². The van der Waals surface area contributed by atoms with E-state index >= 15 is 0 Å². The maximum atomic E-state index is 11.3. The fourth-order valence-electron chi connectivity index (χ4n) is 1.86. The van der Waals surface area contributed by atoms with Crippen molar-refractivity contribution < 1.29 is 9.53 Å². The van der Waals surface area contributed by atoms with E-state index < -0.39 is 0 Å². The number of alkyl halides is 1. The van der Waals surface area contributed by atoms with Gasteiger partial charge in [0.25, 0.3) is 0 Å². The van der Waals surface area contributed by atoms with Gasteiger partial charge in [0.05, 0.1) is 18.0 Å². The van der Waals surface area contributed by atoms with Crippen LogP contribution in [0.5, 0.6) is 0 Å². The Hall–Kier alpha value is -0.670. The molecule has 86 valence electrons. The Labute approximate surface area is 104 Å². The van der Waals surface area contributed by atoms with Gasteiger partial charge in [-0.2, -0.15) is 0 Å². The third kappa shape index (κ3) is 2.92. The Balaban J connectivity index is 1.69. The van der Waals surface area contributed by atoms with Gasteiger partial charge in [-0.25, -0.2) is 0 Å². The molecule has 0 heterocycles. The van der Waals surface area contributed by atoms with Crippen LogP contribution in [-0.2, 0) is 16.1 Å². The molecule has 0 unspecified atom stereocenters. The van der Waals surface area contributed by atoms with Gasteiger partial charge in [0.2, 0.25) is 0 Å². The van der Waals surface area contributed by atoms with Gasteiger partial charge in [0, 0.05) is 5.92 Å². The third-order valence-corrected chi connectivity index (χ3v) is 3.56. The van der Waals surface area contributed by atoms with Crippen LogP contribution in [0.4, 0.5) is 0 Å². The van der Waals surface area contributed by atoms with Crippen molar-refractivity contribution in [3.05, 3.63) is 35.9 Å². The Morgan fingerprint density at radius 2 is 2.00 bits per heavy atom. The van der Waals surface area contributed by atoms with Crippen LogP contribution >= 0.6 is 15.9 Å². The number of ketones is 1. The molecule has 0 spiro atoms. The summed E-state index contributed by atoms with van der Waals surface area (Å²) in [5, 5.41) is 0.475. The summed E-state index contributed by atoms with van der Waals surface area (Å²) in [7, 11) is 0. The van der Waals surface area contributed by atoms with Crippen LogP contribution in [0.25, 0.3) is 0 Å². The van der Waals surface area contributed by atoms with E-state index in [-0.39, 0.29) is 12.0 Å². The molecule has 0 N–H and O–H groups in total. The van der Waals surface area contributed by atoms with E-state index in [1.54, 1.807) is 0 Å². The molecule has 0 atom stereocenters. The Morgan fingerprint density at radius 3 is 2.62 bits per heavy atom. The summed E-state index contributed by atoms with van der Waals surface area (Å²) < 4.78 is 5.72. The standard InChI is InChI=1S/C13H15BrO2/c14-8-13(15)11-6-12(7-11)16-9-10-4-2-1-3-5-10/h1-5,11-12H,6-9H2. The fraction of sp³-hybridized carbons (Fsp3) is 0.462. The van der Waals surface area contributed by atoms with Crippen molar-refractivity contribution in [1.82, 2.24) is 0 Å². The van der Waals surface area contributed by atoms with Crippen LogP contribution in [0.2, 0.25) is 0 Å². The van der Waals surface area contributed by atoms with Crippen LogP contribution in [0.15, 0.2) is 30.3 Å². The molecule has 0 aromatic heterocycles. The van der Waals surface area contributed by atoms with Gasteiger partial charge >= 0.3 is 0 Å². The number of Topliss-reactive ketones (excluding diaryl/α,β-unsaturated/α-hetero) is 1. The first-order valence-corrected chi connectivity index (χ1v) is 6.66. The average molecular weight is 283 g/mol. The van der Waals surface area contributed by atoms with Crippen LogP contribution in [-0.4, -0.2) is 17.2 Å². The molecule has 0 bridgehead atoms. The molecule has 1 fully saturated rings. The maximum Gasteiger partial charge on any atom is 0.146 e. The predicted molar refractivity (Wildman–Crippen MR) is 66.5 cm³/mol. The minimum absolute atomic E-state index is 0.222. The minimum atomic E-state index is 0.222. The molecule has 0 radical (unpaired) electrons. The van der Waals surface area contributed by atoms with E-state index in [0.29, 0.717) is 17.7 Å². The molecular weight excluding hydrogens is 268 g/mol. The van der Waals surface area contributed by atoms with Crippen molar-refractivity contribution in [2.45, 2.75) is 25.6 Å². The smallest absolute Gasteiger partial charge is 0.146 e. The molecule has 2 rings (SSSR count). The van der Waals surface area contributed by atoms with E-state index in [2.05, 4.69) is 28.1 Å². The summed E-state index contributed by atoms with van der Waals surface area (Å²) in [6, 6.07) is 10.1. The molecule has 1 aliphatic carbocycles. The molecule has 0 amide bonds. The average Bonchev–Trinajstić information content (AvgIpc) is 2.28. The van der Waals surface area contributed by atoms with E-state index in [1.165, 1.54) is 5.56 Å². The van der Waals surface area contributed by atoms with Gasteiger partial charge in [0.1, 0.15) is 5.78 Å². The quantitative estimate of drug-likeness (QED) is 0.777. The molecule has 0 aliphatic heterocycles. The third-order valence-electron chi connectivity index (χ3n) is 3.01. The molecule has 1 saturated carbocycles. The van der Waals surface area contributed by atoms with Gasteiger partial charge in [0.15, 0.2) is 0 Å². The monoisotopic (exact) mass is 282 g/mol. The van der Waals surface area contributed by atoms with Crippen LogP contribution in [0.1, 0.15) is 18.4 Å². The Bertz CT molecular complexity index is 344. The molecule has 0 saturated heterocycles. The van der Waals surface area contributed by atoms with E-state index in [0.717, 1.165) is 12.8 Å². The van der Waals surface area contributed by atoms with Crippen LogP contribution in [0, 0.1) is 5.92 Å². The van der Waals surface area contributed by atoms with Crippen molar-refractivity contribution >= 4 is 21.7 Å². The number of halogens is 1. The maximum absolute atomic E-state index is 11.3. The molecule has 1 aromatic rings. The molecule has 2 nitrogen and oxygen atoms in total. The summed E-state index contributed by atoms with van der Waals surface area (Å²) in [5.74, 6) is 0.528. The lowest BCUT2D eigenvalue weighted by atomic mass is 9.80. The minimum Gasteiger partial charge on any atom is -0.373 e. The summed E-state index contributed by atoms with van der Waals surface area (Å²) in [6.07, 6.45) is 2.04. The zero-order valence-corrected chi connectivity index (χ0v) is 10.7. The van der Waals surface area contributed by atoms with E-state index in [1.807, 2.05) is 18.2 Å². The van der Waals surface area contributed by atoms with Crippen molar-refractivity contribution in [2.24, 2.45) is 5.92 Å². The number of ether oxygens (including phenoxy) is 1. The second-order valence-electron chi connectivity index (χ2n) is 4.19. The summed E-state index contributed by atoms with van der Waals surface area (Å²) in [6.45, 7) is 0.654. The normalized spacial score (nSPS) is 23.8. The summed E-state index contributed by atoms with van der Waals surface area (Å²) in [5.41, 5.74) is 1.19. The van der Waals surface area contributed by atoms with E-state index in [9.17, 15) is 4.79 Å². The first-order chi connectivity index (χ1) is 7.79.